The number of fused-ring (bicyclic) bond motifs is 2. The molecule has 0 radical (unpaired) electrons. The van der Waals surface area contributed by atoms with E-state index >= 15 is 0 Å². The van der Waals surface area contributed by atoms with E-state index in [2.05, 4.69) is 31.3 Å². The molecule has 5 heteroatoms. The molecule has 0 saturated carbocycles. The standard InChI is InChI=1S/C22H21NO4/c1-12-6-15-8-17(22(25)23-3)18(10-24)21(16(15)7-13(12)2)14-4-5-19-20(9-14)27-11-26-19/h4-9,24H,10-11H2,1-3H3,(H,23,25). The Balaban J connectivity index is 2.09. The van der Waals surface area contributed by atoms with Gasteiger partial charge in [-0.2, -0.15) is 0 Å². The van der Waals surface area contributed by atoms with Crippen molar-refractivity contribution in [1.82, 2.24) is 5.32 Å². The van der Waals surface area contributed by atoms with Gasteiger partial charge in [0.1, 0.15) is 0 Å². The van der Waals surface area contributed by atoms with Gasteiger partial charge in [-0.05, 0) is 70.6 Å². The number of hydrogen-bond donors (Lipinski definition) is 2. The van der Waals surface area contributed by atoms with Crippen LogP contribution in [0.15, 0.2) is 36.4 Å². The van der Waals surface area contributed by atoms with E-state index in [1.54, 1.807) is 7.05 Å². The summed E-state index contributed by atoms with van der Waals surface area (Å²) in [6.45, 7) is 4.07. The zero-order valence-electron chi connectivity index (χ0n) is 15.6. The van der Waals surface area contributed by atoms with E-state index in [1.165, 1.54) is 0 Å². The first-order valence-electron chi connectivity index (χ1n) is 8.83. The molecule has 3 aromatic rings. The van der Waals surface area contributed by atoms with Crippen molar-refractivity contribution in [2.75, 3.05) is 13.8 Å². The number of nitrogens with one attached hydrogen (secondary N) is 1. The van der Waals surface area contributed by atoms with Crippen molar-refractivity contribution in [2.45, 2.75) is 20.5 Å². The minimum absolute atomic E-state index is 0.197. The van der Waals surface area contributed by atoms with Gasteiger partial charge in [0.15, 0.2) is 11.5 Å². The lowest BCUT2D eigenvalue weighted by atomic mass is 9.88. The number of carbonyl (C=O) groups excluding carboxylic acids is 1. The zero-order chi connectivity index (χ0) is 19.1. The van der Waals surface area contributed by atoms with Gasteiger partial charge in [-0.3, -0.25) is 4.79 Å². The first kappa shape index (κ1) is 17.4. The van der Waals surface area contributed by atoms with Gasteiger partial charge >= 0.3 is 0 Å². The van der Waals surface area contributed by atoms with Gasteiger partial charge in [-0.15, -0.1) is 0 Å². The number of benzene rings is 3. The second kappa shape index (κ2) is 6.59. The number of ether oxygens (including phenoxy) is 2. The van der Waals surface area contributed by atoms with E-state index in [0.29, 0.717) is 22.6 Å². The van der Waals surface area contributed by atoms with Crippen molar-refractivity contribution in [3.05, 3.63) is 58.7 Å². The van der Waals surface area contributed by atoms with Gasteiger partial charge in [0.2, 0.25) is 6.79 Å². The topological polar surface area (TPSA) is 67.8 Å². The molecule has 2 N–H and O–H groups in total. The summed E-state index contributed by atoms with van der Waals surface area (Å²) < 4.78 is 10.9. The van der Waals surface area contributed by atoms with Crippen LogP contribution in [-0.4, -0.2) is 24.9 Å². The molecule has 5 nitrogen and oxygen atoms in total. The Labute approximate surface area is 157 Å². The summed E-state index contributed by atoms with van der Waals surface area (Å²) in [5.41, 5.74) is 5.10. The van der Waals surface area contributed by atoms with Crippen LogP contribution in [0.2, 0.25) is 0 Å². The smallest absolute Gasteiger partial charge is 0.251 e. The highest BCUT2D eigenvalue weighted by molar-refractivity contribution is 6.07. The lowest BCUT2D eigenvalue weighted by Crippen LogP contribution is -2.20. The molecule has 0 aromatic heterocycles. The van der Waals surface area contributed by atoms with E-state index in [0.717, 1.165) is 33.0 Å². The fourth-order valence-corrected chi connectivity index (χ4v) is 3.60. The minimum Gasteiger partial charge on any atom is -0.454 e. The summed E-state index contributed by atoms with van der Waals surface area (Å²) in [7, 11) is 1.59. The van der Waals surface area contributed by atoms with Gasteiger partial charge in [-0.1, -0.05) is 18.2 Å². The number of aliphatic hydroxyl groups excluding tert-OH is 1. The number of aryl methyl sites for hydroxylation is 2. The van der Waals surface area contributed by atoms with Crippen LogP contribution in [0.25, 0.3) is 21.9 Å². The fraction of sp³-hybridized carbons (Fsp3) is 0.227. The summed E-state index contributed by atoms with van der Waals surface area (Å²) in [6.07, 6.45) is 0. The van der Waals surface area contributed by atoms with Gasteiger partial charge in [0.25, 0.3) is 5.91 Å². The molecule has 0 spiro atoms. The minimum atomic E-state index is -0.241. The molecule has 0 atom stereocenters. The van der Waals surface area contributed by atoms with Crippen molar-refractivity contribution < 1.29 is 19.4 Å². The maximum Gasteiger partial charge on any atom is 0.251 e. The quantitative estimate of drug-likeness (QED) is 0.744. The molecular weight excluding hydrogens is 342 g/mol. The van der Waals surface area contributed by atoms with Crippen LogP contribution in [-0.2, 0) is 6.61 Å². The lowest BCUT2D eigenvalue weighted by Gasteiger charge is -2.18. The third kappa shape index (κ3) is 2.80. The average Bonchev–Trinajstić information content (AvgIpc) is 3.14. The summed E-state index contributed by atoms with van der Waals surface area (Å²) in [5, 5.41) is 14.8. The van der Waals surface area contributed by atoms with Gasteiger partial charge in [0, 0.05) is 12.6 Å². The largest absolute Gasteiger partial charge is 0.454 e. The number of hydrogen-bond acceptors (Lipinski definition) is 4. The number of carbonyl (C=O) groups is 1. The molecule has 4 rings (SSSR count). The molecule has 0 aliphatic carbocycles. The highest BCUT2D eigenvalue weighted by Crippen LogP contribution is 2.41. The van der Waals surface area contributed by atoms with Gasteiger partial charge in [-0.25, -0.2) is 0 Å². The van der Waals surface area contributed by atoms with Crippen molar-refractivity contribution in [3.8, 4) is 22.6 Å². The van der Waals surface area contributed by atoms with E-state index < -0.39 is 0 Å². The molecule has 1 aliphatic heterocycles. The lowest BCUT2D eigenvalue weighted by molar-refractivity contribution is 0.0960. The Bertz CT molecular complexity index is 1070. The van der Waals surface area contributed by atoms with Crippen LogP contribution in [0.1, 0.15) is 27.0 Å². The van der Waals surface area contributed by atoms with Crippen LogP contribution < -0.4 is 14.8 Å². The number of amides is 1. The molecule has 0 fully saturated rings. The van der Waals surface area contributed by atoms with E-state index in [1.807, 2.05) is 24.3 Å². The second-order valence-electron chi connectivity index (χ2n) is 6.74. The third-order valence-electron chi connectivity index (χ3n) is 5.15. The first-order chi connectivity index (χ1) is 13.0. The normalized spacial score (nSPS) is 12.4. The van der Waals surface area contributed by atoms with Gasteiger partial charge in [0.05, 0.1) is 6.61 Å². The highest BCUT2D eigenvalue weighted by atomic mass is 16.7. The van der Waals surface area contributed by atoms with Crippen LogP contribution in [0, 0.1) is 13.8 Å². The highest BCUT2D eigenvalue weighted by Gasteiger charge is 2.21. The third-order valence-corrected chi connectivity index (χ3v) is 5.15. The fourth-order valence-electron chi connectivity index (χ4n) is 3.60. The maximum atomic E-state index is 12.5. The Morgan fingerprint density at radius 3 is 2.56 bits per heavy atom. The van der Waals surface area contributed by atoms with E-state index in [4.69, 9.17) is 9.47 Å². The molecule has 1 heterocycles. The molecule has 0 bridgehead atoms. The Hall–Kier alpha value is -3.05. The van der Waals surface area contributed by atoms with Crippen molar-refractivity contribution in [1.29, 1.82) is 0 Å². The van der Waals surface area contributed by atoms with E-state index in [9.17, 15) is 9.90 Å². The predicted molar refractivity (Wildman–Crippen MR) is 104 cm³/mol. The number of aliphatic hydroxyl groups is 1. The molecule has 0 unspecified atom stereocenters. The summed E-state index contributed by atoms with van der Waals surface area (Å²) in [6, 6.07) is 11.7. The van der Waals surface area contributed by atoms with Crippen LogP contribution in [0.3, 0.4) is 0 Å². The maximum absolute atomic E-state index is 12.5. The molecule has 138 valence electrons. The summed E-state index contributed by atoms with van der Waals surface area (Å²) >= 11 is 0. The summed E-state index contributed by atoms with van der Waals surface area (Å²) in [5.74, 6) is 1.14. The van der Waals surface area contributed by atoms with E-state index in [-0.39, 0.29) is 19.3 Å². The predicted octanol–water partition coefficient (Wildman–Crippen LogP) is 3.70. The van der Waals surface area contributed by atoms with Crippen molar-refractivity contribution in [2.24, 2.45) is 0 Å². The molecule has 0 saturated heterocycles. The Morgan fingerprint density at radius 1 is 1.07 bits per heavy atom. The van der Waals surface area contributed by atoms with Crippen molar-refractivity contribution in [3.63, 3.8) is 0 Å². The van der Waals surface area contributed by atoms with Crippen LogP contribution in [0.4, 0.5) is 0 Å². The molecular formula is C22H21NO4. The van der Waals surface area contributed by atoms with Crippen LogP contribution >= 0.6 is 0 Å². The molecule has 1 aliphatic rings. The zero-order valence-corrected chi connectivity index (χ0v) is 15.6. The van der Waals surface area contributed by atoms with Gasteiger partial charge < -0.3 is 19.9 Å². The molecule has 27 heavy (non-hydrogen) atoms. The van der Waals surface area contributed by atoms with Crippen LogP contribution in [0.5, 0.6) is 11.5 Å². The Morgan fingerprint density at radius 2 is 1.81 bits per heavy atom. The SMILES string of the molecule is CNC(=O)c1cc2cc(C)c(C)cc2c(-c2ccc3c(c2)OCO3)c1CO. The van der Waals surface area contributed by atoms with Crippen molar-refractivity contribution >= 4 is 16.7 Å². The average molecular weight is 363 g/mol. The second-order valence-corrected chi connectivity index (χ2v) is 6.74. The first-order valence-corrected chi connectivity index (χ1v) is 8.83. The summed E-state index contributed by atoms with van der Waals surface area (Å²) in [4.78, 5) is 12.5. The molecule has 1 amide bonds. The number of rotatable bonds is 3. The Kier molecular flexibility index (Phi) is 4.24. The monoisotopic (exact) mass is 363 g/mol. The molecule has 3 aromatic carbocycles.